The number of nitrogens with zero attached hydrogens (tertiary/aromatic N) is 3. The minimum atomic E-state index is -3.20. The Morgan fingerprint density at radius 3 is 2.55 bits per heavy atom. The fourth-order valence-corrected chi connectivity index (χ4v) is 4.66. The second kappa shape index (κ2) is 8.64. The standard InChI is InChI=1S/C23H26N4O3S/c1-4-30-23-12-11-22(25-26-23)18-8-6-9-20(16(18)2)24-21-10-5-7-17-15-27(31(3,28)29)14-13-19(17)21/h5-12,24H,4,13-15H2,1-3H3. The summed E-state index contributed by atoms with van der Waals surface area (Å²) in [6.45, 7) is 5.41. The highest BCUT2D eigenvalue weighted by molar-refractivity contribution is 7.88. The minimum absolute atomic E-state index is 0.407. The molecular weight excluding hydrogens is 412 g/mol. The molecule has 1 aliphatic rings. The van der Waals surface area contributed by atoms with Gasteiger partial charge in [-0.3, -0.25) is 0 Å². The first-order valence-corrected chi connectivity index (χ1v) is 12.1. The molecule has 0 amide bonds. The van der Waals surface area contributed by atoms with Gasteiger partial charge in [-0.25, -0.2) is 8.42 Å². The maximum Gasteiger partial charge on any atom is 0.233 e. The molecule has 0 atom stereocenters. The summed E-state index contributed by atoms with van der Waals surface area (Å²) in [6, 6.07) is 15.8. The molecule has 4 rings (SSSR count). The summed E-state index contributed by atoms with van der Waals surface area (Å²) < 4.78 is 30.8. The van der Waals surface area contributed by atoms with E-state index < -0.39 is 10.0 Å². The summed E-state index contributed by atoms with van der Waals surface area (Å²) in [6.07, 6.45) is 1.94. The predicted octanol–water partition coefficient (Wildman–Crippen LogP) is 3.91. The van der Waals surface area contributed by atoms with Crippen molar-refractivity contribution in [2.75, 3.05) is 24.7 Å². The topological polar surface area (TPSA) is 84.4 Å². The SMILES string of the molecule is CCOc1ccc(-c2cccc(Nc3cccc4c3CCN(S(C)(=O)=O)C4)c2C)nn1. The second-order valence-corrected chi connectivity index (χ2v) is 9.57. The predicted molar refractivity (Wildman–Crippen MR) is 122 cm³/mol. The van der Waals surface area contributed by atoms with E-state index in [0.717, 1.165) is 39.3 Å². The first-order valence-electron chi connectivity index (χ1n) is 10.3. The number of aromatic nitrogens is 2. The number of hydrogen-bond acceptors (Lipinski definition) is 6. The summed E-state index contributed by atoms with van der Waals surface area (Å²) in [5, 5.41) is 12.0. The van der Waals surface area contributed by atoms with Gasteiger partial charge in [0.2, 0.25) is 15.9 Å². The van der Waals surface area contributed by atoms with Crippen molar-refractivity contribution in [1.29, 1.82) is 0 Å². The highest BCUT2D eigenvalue weighted by Gasteiger charge is 2.24. The van der Waals surface area contributed by atoms with Gasteiger partial charge in [0.15, 0.2) is 0 Å². The average molecular weight is 439 g/mol. The van der Waals surface area contributed by atoms with Crippen LogP contribution >= 0.6 is 0 Å². The Morgan fingerprint density at radius 2 is 1.84 bits per heavy atom. The van der Waals surface area contributed by atoms with Gasteiger partial charge in [-0.15, -0.1) is 10.2 Å². The van der Waals surface area contributed by atoms with Crippen molar-refractivity contribution in [1.82, 2.24) is 14.5 Å². The van der Waals surface area contributed by atoms with Crippen LogP contribution in [-0.4, -0.2) is 42.3 Å². The first-order chi connectivity index (χ1) is 14.9. The van der Waals surface area contributed by atoms with Crippen LogP contribution < -0.4 is 10.1 Å². The molecule has 8 heteroatoms. The van der Waals surface area contributed by atoms with E-state index in [-0.39, 0.29) is 0 Å². The lowest BCUT2D eigenvalue weighted by Crippen LogP contribution is -2.35. The van der Waals surface area contributed by atoms with Gasteiger partial charge in [0, 0.05) is 36.1 Å². The molecule has 2 heterocycles. The third-order valence-corrected chi connectivity index (χ3v) is 6.76. The average Bonchev–Trinajstić information content (AvgIpc) is 2.75. The zero-order chi connectivity index (χ0) is 22.0. The molecule has 0 saturated heterocycles. The molecule has 0 unspecified atom stereocenters. The lowest BCUT2D eigenvalue weighted by molar-refractivity contribution is 0.323. The van der Waals surface area contributed by atoms with E-state index in [1.807, 2.05) is 55.5 Å². The Kier molecular flexibility index (Phi) is 5.93. The lowest BCUT2D eigenvalue weighted by atomic mass is 9.98. The fourth-order valence-electron chi connectivity index (χ4n) is 3.87. The van der Waals surface area contributed by atoms with Crippen LogP contribution in [0.3, 0.4) is 0 Å². The molecule has 0 fully saturated rings. The zero-order valence-corrected chi connectivity index (χ0v) is 18.7. The van der Waals surface area contributed by atoms with Gasteiger partial charge in [-0.05, 0) is 55.2 Å². The number of benzene rings is 2. The Balaban J connectivity index is 1.62. The van der Waals surface area contributed by atoms with E-state index in [0.29, 0.717) is 32.0 Å². The van der Waals surface area contributed by atoms with Crippen molar-refractivity contribution < 1.29 is 13.2 Å². The van der Waals surface area contributed by atoms with Crippen LogP contribution in [0.25, 0.3) is 11.3 Å². The van der Waals surface area contributed by atoms with Crippen LogP contribution in [0, 0.1) is 6.92 Å². The van der Waals surface area contributed by atoms with Crippen LogP contribution in [-0.2, 0) is 23.0 Å². The molecule has 0 radical (unpaired) electrons. The van der Waals surface area contributed by atoms with Crippen LogP contribution in [0.1, 0.15) is 23.6 Å². The van der Waals surface area contributed by atoms with Crippen molar-refractivity contribution >= 4 is 21.4 Å². The van der Waals surface area contributed by atoms with Gasteiger partial charge in [0.1, 0.15) is 0 Å². The molecule has 7 nitrogen and oxygen atoms in total. The molecule has 162 valence electrons. The number of anilines is 2. The third-order valence-electron chi connectivity index (χ3n) is 5.51. The molecule has 1 N–H and O–H groups in total. The maximum atomic E-state index is 11.9. The smallest absolute Gasteiger partial charge is 0.233 e. The van der Waals surface area contributed by atoms with Gasteiger partial charge >= 0.3 is 0 Å². The summed E-state index contributed by atoms with van der Waals surface area (Å²) in [7, 11) is -3.20. The highest BCUT2D eigenvalue weighted by Crippen LogP contribution is 2.33. The number of nitrogens with one attached hydrogen (secondary N) is 1. The number of ether oxygens (including phenoxy) is 1. The molecule has 3 aromatic rings. The number of hydrogen-bond donors (Lipinski definition) is 1. The molecule has 1 aromatic heterocycles. The molecule has 0 spiro atoms. The van der Waals surface area contributed by atoms with E-state index in [1.165, 1.54) is 10.6 Å². The molecule has 0 aliphatic carbocycles. The van der Waals surface area contributed by atoms with Gasteiger partial charge in [-0.2, -0.15) is 4.31 Å². The van der Waals surface area contributed by atoms with Crippen LogP contribution in [0.15, 0.2) is 48.5 Å². The lowest BCUT2D eigenvalue weighted by Gasteiger charge is -2.28. The molecule has 0 bridgehead atoms. The van der Waals surface area contributed by atoms with Crippen molar-refractivity contribution in [2.45, 2.75) is 26.8 Å². The second-order valence-electron chi connectivity index (χ2n) is 7.58. The Bertz CT molecular complexity index is 1190. The minimum Gasteiger partial charge on any atom is -0.477 e. The van der Waals surface area contributed by atoms with E-state index in [4.69, 9.17) is 4.74 Å². The van der Waals surface area contributed by atoms with Crippen LogP contribution in [0.5, 0.6) is 5.88 Å². The van der Waals surface area contributed by atoms with Gasteiger partial charge in [0.05, 0.1) is 18.6 Å². The van der Waals surface area contributed by atoms with E-state index in [2.05, 4.69) is 22.4 Å². The molecular formula is C23H26N4O3S. The normalized spacial score (nSPS) is 14.2. The third kappa shape index (κ3) is 4.55. The van der Waals surface area contributed by atoms with Crippen LogP contribution in [0.2, 0.25) is 0 Å². The van der Waals surface area contributed by atoms with Gasteiger partial charge < -0.3 is 10.1 Å². The largest absolute Gasteiger partial charge is 0.477 e. The summed E-state index contributed by atoms with van der Waals surface area (Å²) in [4.78, 5) is 0. The van der Waals surface area contributed by atoms with E-state index >= 15 is 0 Å². The molecule has 2 aromatic carbocycles. The molecule has 1 aliphatic heterocycles. The van der Waals surface area contributed by atoms with Crippen molar-refractivity contribution in [2.24, 2.45) is 0 Å². The van der Waals surface area contributed by atoms with Crippen LogP contribution in [0.4, 0.5) is 11.4 Å². The zero-order valence-electron chi connectivity index (χ0n) is 17.9. The first kappa shape index (κ1) is 21.3. The molecule has 31 heavy (non-hydrogen) atoms. The number of fused-ring (bicyclic) bond motifs is 1. The monoisotopic (exact) mass is 438 g/mol. The quantitative estimate of drug-likeness (QED) is 0.628. The number of sulfonamides is 1. The van der Waals surface area contributed by atoms with Gasteiger partial charge in [-0.1, -0.05) is 24.3 Å². The Hall–Kier alpha value is -2.97. The maximum absolute atomic E-state index is 11.9. The molecule has 0 saturated carbocycles. The van der Waals surface area contributed by atoms with E-state index in [1.54, 1.807) is 0 Å². The fraction of sp³-hybridized carbons (Fsp3) is 0.304. The summed E-state index contributed by atoms with van der Waals surface area (Å²) >= 11 is 0. The van der Waals surface area contributed by atoms with Crippen molar-refractivity contribution in [3.05, 3.63) is 65.2 Å². The number of rotatable bonds is 6. The van der Waals surface area contributed by atoms with Gasteiger partial charge in [0.25, 0.3) is 0 Å². The van der Waals surface area contributed by atoms with Crippen molar-refractivity contribution in [3.63, 3.8) is 0 Å². The van der Waals surface area contributed by atoms with E-state index in [9.17, 15) is 8.42 Å². The van der Waals surface area contributed by atoms with Crippen molar-refractivity contribution in [3.8, 4) is 17.1 Å². The highest BCUT2D eigenvalue weighted by atomic mass is 32.2. The summed E-state index contributed by atoms with van der Waals surface area (Å²) in [5.41, 5.74) is 7.01. The Labute approximate surface area is 183 Å². The summed E-state index contributed by atoms with van der Waals surface area (Å²) in [5.74, 6) is 0.511. The Morgan fingerprint density at radius 1 is 1.06 bits per heavy atom.